The number of benzene rings is 1. The molecule has 1 aromatic carbocycles. The SMILES string of the molecule is Cc1cccc(N2CCN(C(=O)C[C@H](NC(N)=O)c3cccs3)CC2)c1C. The number of hydrogen-bond acceptors (Lipinski definition) is 4. The molecule has 1 saturated heterocycles. The van der Waals surface area contributed by atoms with E-state index < -0.39 is 6.03 Å². The standard InChI is InChI=1S/C20H26N4O2S/c1-14-5-3-6-17(15(14)2)23-8-10-24(11-9-23)19(25)13-16(22-20(21)26)18-7-4-12-27-18/h3-7,12,16H,8-11,13H2,1-2H3,(H3,21,22,26)/t16-/m0/s1. The van der Waals surface area contributed by atoms with Gasteiger partial charge in [0.1, 0.15) is 0 Å². The van der Waals surface area contributed by atoms with E-state index in [4.69, 9.17) is 5.73 Å². The van der Waals surface area contributed by atoms with Crippen LogP contribution in [-0.2, 0) is 4.79 Å². The van der Waals surface area contributed by atoms with Crippen LogP contribution in [0, 0.1) is 13.8 Å². The molecule has 3 rings (SSSR count). The van der Waals surface area contributed by atoms with Gasteiger partial charge < -0.3 is 20.9 Å². The van der Waals surface area contributed by atoms with E-state index in [1.165, 1.54) is 28.2 Å². The van der Waals surface area contributed by atoms with Gasteiger partial charge in [-0.3, -0.25) is 4.79 Å². The van der Waals surface area contributed by atoms with Crippen molar-refractivity contribution in [2.75, 3.05) is 31.1 Å². The summed E-state index contributed by atoms with van der Waals surface area (Å²) in [5, 5.41) is 4.62. The molecule has 7 heteroatoms. The molecular formula is C20H26N4O2S. The number of nitrogens with two attached hydrogens (primary N) is 1. The Kier molecular flexibility index (Phi) is 6.01. The summed E-state index contributed by atoms with van der Waals surface area (Å²) in [6.45, 7) is 7.24. The van der Waals surface area contributed by atoms with Crippen molar-refractivity contribution < 1.29 is 9.59 Å². The third-order valence-corrected chi connectivity index (χ3v) is 6.12. The van der Waals surface area contributed by atoms with Gasteiger partial charge in [0.25, 0.3) is 0 Å². The summed E-state index contributed by atoms with van der Waals surface area (Å²) >= 11 is 1.51. The number of hydrogen-bond donors (Lipinski definition) is 2. The van der Waals surface area contributed by atoms with Crippen LogP contribution in [0.25, 0.3) is 0 Å². The average Bonchev–Trinajstić information content (AvgIpc) is 3.18. The van der Waals surface area contributed by atoms with Gasteiger partial charge in [0.15, 0.2) is 0 Å². The molecule has 0 spiro atoms. The van der Waals surface area contributed by atoms with Crippen LogP contribution < -0.4 is 16.0 Å². The highest BCUT2D eigenvalue weighted by Crippen LogP contribution is 2.26. The van der Waals surface area contributed by atoms with Crippen molar-refractivity contribution in [3.8, 4) is 0 Å². The lowest BCUT2D eigenvalue weighted by atomic mass is 10.1. The van der Waals surface area contributed by atoms with Gasteiger partial charge in [-0.15, -0.1) is 11.3 Å². The Morgan fingerprint density at radius 2 is 1.89 bits per heavy atom. The number of amides is 3. The molecule has 0 saturated carbocycles. The maximum Gasteiger partial charge on any atom is 0.312 e. The molecule has 6 nitrogen and oxygen atoms in total. The van der Waals surface area contributed by atoms with E-state index in [-0.39, 0.29) is 18.4 Å². The number of piperazine rings is 1. The second kappa shape index (κ2) is 8.43. The number of nitrogens with zero attached hydrogens (tertiary/aromatic N) is 2. The summed E-state index contributed by atoms with van der Waals surface area (Å²) in [7, 11) is 0. The van der Waals surface area contributed by atoms with Gasteiger partial charge >= 0.3 is 6.03 Å². The summed E-state index contributed by atoms with van der Waals surface area (Å²) in [6.07, 6.45) is 0.229. The summed E-state index contributed by atoms with van der Waals surface area (Å²) in [5.41, 5.74) is 9.10. The highest BCUT2D eigenvalue weighted by atomic mass is 32.1. The summed E-state index contributed by atoms with van der Waals surface area (Å²) in [5.74, 6) is 0.0442. The molecule has 27 heavy (non-hydrogen) atoms. The van der Waals surface area contributed by atoms with Crippen LogP contribution in [0.1, 0.15) is 28.5 Å². The first-order valence-electron chi connectivity index (χ1n) is 9.14. The zero-order valence-corrected chi connectivity index (χ0v) is 16.6. The lowest BCUT2D eigenvalue weighted by Gasteiger charge is -2.37. The molecule has 3 N–H and O–H groups in total. The zero-order valence-electron chi connectivity index (χ0n) is 15.8. The van der Waals surface area contributed by atoms with Crippen molar-refractivity contribution in [3.63, 3.8) is 0 Å². The average molecular weight is 387 g/mol. The number of aryl methyl sites for hydroxylation is 1. The second-order valence-corrected chi connectivity index (χ2v) is 7.85. The second-order valence-electron chi connectivity index (χ2n) is 6.87. The monoisotopic (exact) mass is 386 g/mol. The lowest BCUT2D eigenvalue weighted by Crippen LogP contribution is -2.49. The van der Waals surface area contributed by atoms with E-state index in [0.717, 1.165) is 18.0 Å². The Morgan fingerprint density at radius 1 is 1.15 bits per heavy atom. The van der Waals surface area contributed by atoms with Crippen molar-refractivity contribution in [2.24, 2.45) is 5.73 Å². The van der Waals surface area contributed by atoms with E-state index in [9.17, 15) is 9.59 Å². The quantitative estimate of drug-likeness (QED) is 0.829. The molecule has 1 aliphatic rings. The highest BCUT2D eigenvalue weighted by Gasteiger charge is 2.26. The van der Waals surface area contributed by atoms with Crippen LogP contribution in [0.5, 0.6) is 0 Å². The van der Waals surface area contributed by atoms with Gasteiger partial charge in [-0.25, -0.2) is 4.79 Å². The van der Waals surface area contributed by atoms with E-state index in [2.05, 4.69) is 42.3 Å². The van der Waals surface area contributed by atoms with Gasteiger partial charge in [-0.05, 0) is 42.5 Å². The molecule has 0 bridgehead atoms. The fraction of sp³-hybridized carbons (Fsp3) is 0.400. The van der Waals surface area contributed by atoms with E-state index in [1.807, 2.05) is 22.4 Å². The van der Waals surface area contributed by atoms with Gasteiger partial charge in [0.2, 0.25) is 5.91 Å². The first kappa shape index (κ1) is 19.2. The van der Waals surface area contributed by atoms with Crippen LogP contribution in [0.3, 0.4) is 0 Å². The minimum Gasteiger partial charge on any atom is -0.368 e. The molecule has 1 atom stereocenters. The number of nitrogens with one attached hydrogen (secondary N) is 1. The molecule has 0 unspecified atom stereocenters. The molecule has 2 aromatic rings. The first-order valence-corrected chi connectivity index (χ1v) is 10.0. The molecular weight excluding hydrogens is 360 g/mol. The van der Waals surface area contributed by atoms with Crippen molar-refractivity contribution in [3.05, 3.63) is 51.7 Å². The Labute approximate surface area is 164 Å². The van der Waals surface area contributed by atoms with Crippen molar-refractivity contribution in [1.82, 2.24) is 10.2 Å². The smallest absolute Gasteiger partial charge is 0.312 e. The third-order valence-electron chi connectivity index (χ3n) is 5.13. The molecule has 0 radical (unpaired) electrons. The number of thiophene rings is 1. The summed E-state index contributed by atoms with van der Waals surface area (Å²) in [6, 6.07) is 9.18. The molecule has 1 fully saturated rings. The molecule has 1 aromatic heterocycles. The number of primary amides is 1. The van der Waals surface area contributed by atoms with Gasteiger partial charge in [-0.1, -0.05) is 18.2 Å². The van der Waals surface area contributed by atoms with Gasteiger partial charge in [-0.2, -0.15) is 0 Å². The van der Waals surface area contributed by atoms with Crippen LogP contribution in [0.4, 0.5) is 10.5 Å². The Bertz CT molecular complexity index is 798. The maximum atomic E-state index is 12.8. The number of carbonyl (C=O) groups is 2. The molecule has 2 heterocycles. The lowest BCUT2D eigenvalue weighted by molar-refractivity contribution is -0.132. The van der Waals surface area contributed by atoms with Crippen molar-refractivity contribution in [1.29, 1.82) is 0 Å². The van der Waals surface area contributed by atoms with Gasteiger partial charge in [0, 0.05) is 36.7 Å². The van der Waals surface area contributed by atoms with Crippen LogP contribution in [0.2, 0.25) is 0 Å². The Morgan fingerprint density at radius 3 is 2.52 bits per heavy atom. The van der Waals surface area contributed by atoms with Crippen molar-refractivity contribution >= 4 is 29.0 Å². The predicted octanol–water partition coefficient (Wildman–Crippen LogP) is 2.81. The van der Waals surface area contributed by atoms with Crippen LogP contribution >= 0.6 is 11.3 Å². The maximum absolute atomic E-state index is 12.8. The molecule has 0 aliphatic carbocycles. The highest BCUT2D eigenvalue weighted by molar-refractivity contribution is 7.10. The number of anilines is 1. The normalized spacial score (nSPS) is 15.5. The summed E-state index contributed by atoms with van der Waals surface area (Å²) < 4.78 is 0. The van der Waals surface area contributed by atoms with Crippen molar-refractivity contribution in [2.45, 2.75) is 26.3 Å². The molecule has 1 aliphatic heterocycles. The topological polar surface area (TPSA) is 78.7 Å². The number of rotatable bonds is 5. The predicted molar refractivity (Wildman–Crippen MR) is 109 cm³/mol. The van der Waals surface area contributed by atoms with Crippen LogP contribution in [0.15, 0.2) is 35.7 Å². The van der Waals surface area contributed by atoms with E-state index >= 15 is 0 Å². The minimum atomic E-state index is -0.610. The largest absolute Gasteiger partial charge is 0.368 e. The van der Waals surface area contributed by atoms with Gasteiger partial charge in [0.05, 0.1) is 12.5 Å². The molecule has 3 amide bonds. The minimum absolute atomic E-state index is 0.0442. The molecule has 144 valence electrons. The first-order chi connectivity index (χ1) is 13.0. The van der Waals surface area contributed by atoms with E-state index in [1.54, 1.807) is 0 Å². The number of carbonyl (C=O) groups excluding carboxylic acids is 2. The fourth-order valence-electron chi connectivity index (χ4n) is 3.46. The van der Waals surface area contributed by atoms with Crippen LogP contribution in [-0.4, -0.2) is 43.0 Å². The fourth-order valence-corrected chi connectivity index (χ4v) is 4.24. The summed E-state index contributed by atoms with van der Waals surface area (Å²) in [4.78, 5) is 29.2. The third kappa shape index (κ3) is 4.60. The van der Waals surface area contributed by atoms with E-state index in [0.29, 0.717) is 13.1 Å². The number of urea groups is 1. The zero-order chi connectivity index (χ0) is 19.4. The Hall–Kier alpha value is -2.54. The Balaban J connectivity index is 1.60.